The van der Waals surface area contributed by atoms with E-state index in [4.69, 9.17) is 22.1 Å². The number of aryl methyl sites for hydroxylation is 2. The Hall–Kier alpha value is -1.51. The van der Waals surface area contributed by atoms with E-state index in [1.54, 1.807) is 0 Å². The number of halogens is 1. The number of hydrogen-bond donors (Lipinski definition) is 1. The van der Waals surface area contributed by atoms with Crippen LogP contribution in [0.25, 0.3) is 0 Å². The summed E-state index contributed by atoms with van der Waals surface area (Å²) in [6, 6.07) is 13.7. The Kier molecular flexibility index (Phi) is 4.69. The van der Waals surface area contributed by atoms with Crippen molar-refractivity contribution < 1.29 is 4.74 Å². The van der Waals surface area contributed by atoms with Crippen LogP contribution in [-0.2, 0) is 0 Å². The normalized spacial score (nSPS) is 13.8. The van der Waals surface area contributed by atoms with Crippen molar-refractivity contribution in [2.24, 2.45) is 5.73 Å². The molecule has 2 atom stereocenters. The lowest BCUT2D eigenvalue weighted by Gasteiger charge is -2.22. The predicted molar refractivity (Wildman–Crippen MR) is 84.4 cm³/mol. The van der Waals surface area contributed by atoms with Gasteiger partial charge in [-0.3, -0.25) is 0 Å². The summed E-state index contributed by atoms with van der Waals surface area (Å²) in [7, 11) is 0. The summed E-state index contributed by atoms with van der Waals surface area (Å²) in [4.78, 5) is 0. The minimum atomic E-state index is -0.161. The van der Waals surface area contributed by atoms with Gasteiger partial charge in [0.05, 0.1) is 6.04 Å². The SMILES string of the molecule is Cc1ccc(C(N)C(C)Oc2ccc(Cl)c(C)c2)cc1. The van der Waals surface area contributed by atoms with Crippen molar-refractivity contribution in [1.29, 1.82) is 0 Å². The van der Waals surface area contributed by atoms with Crippen molar-refractivity contribution in [3.05, 3.63) is 64.2 Å². The molecule has 0 aromatic heterocycles. The molecule has 0 aliphatic heterocycles. The van der Waals surface area contributed by atoms with E-state index in [2.05, 4.69) is 19.1 Å². The zero-order valence-electron chi connectivity index (χ0n) is 12.1. The molecule has 0 fully saturated rings. The highest BCUT2D eigenvalue weighted by Crippen LogP contribution is 2.24. The van der Waals surface area contributed by atoms with Crippen molar-refractivity contribution in [2.45, 2.75) is 32.9 Å². The maximum absolute atomic E-state index is 6.25. The molecule has 0 aliphatic carbocycles. The Balaban J connectivity index is 2.08. The molecular weight excluding hydrogens is 270 g/mol. The molecule has 2 rings (SSSR count). The van der Waals surface area contributed by atoms with Crippen LogP contribution in [0.4, 0.5) is 0 Å². The summed E-state index contributed by atoms with van der Waals surface area (Å²) >= 11 is 6.01. The summed E-state index contributed by atoms with van der Waals surface area (Å²) in [5.74, 6) is 0.793. The van der Waals surface area contributed by atoms with Gasteiger partial charge in [0.1, 0.15) is 11.9 Å². The molecule has 0 aliphatic rings. The first-order chi connectivity index (χ1) is 9.47. The largest absolute Gasteiger partial charge is 0.489 e. The third-order valence-electron chi connectivity index (χ3n) is 3.42. The second-order valence-electron chi connectivity index (χ2n) is 5.17. The Morgan fingerprint density at radius 1 is 1.05 bits per heavy atom. The first-order valence-electron chi connectivity index (χ1n) is 6.72. The van der Waals surface area contributed by atoms with Gasteiger partial charge in [-0.05, 0) is 50.1 Å². The third kappa shape index (κ3) is 3.53. The molecule has 106 valence electrons. The lowest BCUT2D eigenvalue weighted by Crippen LogP contribution is -2.28. The Morgan fingerprint density at radius 3 is 2.30 bits per heavy atom. The molecule has 0 saturated heterocycles. The molecule has 0 heterocycles. The van der Waals surface area contributed by atoms with Gasteiger partial charge < -0.3 is 10.5 Å². The van der Waals surface area contributed by atoms with Crippen LogP contribution in [0, 0.1) is 13.8 Å². The molecular formula is C17H20ClNO. The molecule has 2 nitrogen and oxygen atoms in total. The number of rotatable bonds is 4. The molecule has 20 heavy (non-hydrogen) atoms. The smallest absolute Gasteiger partial charge is 0.120 e. The Labute approximate surface area is 125 Å². The first-order valence-corrected chi connectivity index (χ1v) is 7.10. The summed E-state index contributed by atoms with van der Waals surface area (Å²) in [5, 5.41) is 0.743. The standard InChI is InChI=1S/C17H20ClNO/c1-11-4-6-14(7-5-11)17(19)13(3)20-15-8-9-16(18)12(2)10-15/h4-10,13,17H,19H2,1-3H3. The van der Waals surface area contributed by atoms with Gasteiger partial charge in [0.2, 0.25) is 0 Å². The Morgan fingerprint density at radius 2 is 1.70 bits per heavy atom. The van der Waals surface area contributed by atoms with Crippen molar-refractivity contribution in [2.75, 3.05) is 0 Å². The fourth-order valence-electron chi connectivity index (χ4n) is 2.04. The van der Waals surface area contributed by atoms with E-state index in [0.717, 1.165) is 21.9 Å². The highest BCUT2D eigenvalue weighted by atomic mass is 35.5. The van der Waals surface area contributed by atoms with Gasteiger partial charge in [-0.1, -0.05) is 41.4 Å². The van der Waals surface area contributed by atoms with E-state index in [-0.39, 0.29) is 12.1 Å². The molecule has 0 bridgehead atoms. The number of benzene rings is 2. The minimum absolute atomic E-state index is 0.113. The van der Waals surface area contributed by atoms with Crippen LogP contribution in [0.15, 0.2) is 42.5 Å². The summed E-state index contributed by atoms with van der Waals surface area (Å²) < 4.78 is 5.91. The highest BCUT2D eigenvalue weighted by molar-refractivity contribution is 6.31. The summed E-state index contributed by atoms with van der Waals surface area (Å²) in [5.41, 5.74) is 9.56. The van der Waals surface area contributed by atoms with Crippen LogP contribution in [0.5, 0.6) is 5.75 Å². The molecule has 0 amide bonds. The van der Waals surface area contributed by atoms with E-state index in [1.165, 1.54) is 5.56 Å². The van der Waals surface area contributed by atoms with E-state index >= 15 is 0 Å². The molecule has 2 aromatic rings. The highest BCUT2D eigenvalue weighted by Gasteiger charge is 2.16. The lowest BCUT2D eigenvalue weighted by atomic mass is 10.0. The average Bonchev–Trinajstić information content (AvgIpc) is 2.43. The lowest BCUT2D eigenvalue weighted by molar-refractivity contribution is 0.190. The second kappa shape index (κ2) is 6.29. The zero-order valence-corrected chi connectivity index (χ0v) is 12.8. The average molecular weight is 290 g/mol. The second-order valence-corrected chi connectivity index (χ2v) is 5.58. The van der Waals surface area contributed by atoms with Crippen LogP contribution in [-0.4, -0.2) is 6.10 Å². The fourth-order valence-corrected chi connectivity index (χ4v) is 2.16. The van der Waals surface area contributed by atoms with E-state index in [1.807, 2.05) is 44.2 Å². The van der Waals surface area contributed by atoms with Crippen LogP contribution in [0.1, 0.15) is 29.7 Å². The van der Waals surface area contributed by atoms with Gasteiger partial charge >= 0.3 is 0 Å². The van der Waals surface area contributed by atoms with Gasteiger partial charge in [0.15, 0.2) is 0 Å². The maximum atomic E-state index is 6.25. The molecule has 2 N–H and O–H groups in total. The van der Waals surface area contributed by atoms with Crippen LogP contribution < -0.4 is 10.5 Å². The van der Waals surface area contributed by atoms with Gasteiger partial charge in [-0.2, -0.15) is 0 Å². The first kappa shape index (κ1) is 14.9. The van der Waals surface area contributed by atoms with Crippen molar-refractivity contribution in [3.63, 3.8) is 0 Å². The van der Waals surface area contributed by atoms with Crippen LogP contribution >= 0.6 is 11.6 Å². The minimum Gasteiger partial charge on any atom is -0.489 e. The van der Waals surface area contributed by atoms with Gasteiger partial charge in [0.25, 0.3) is 0 Å². The van der Waals surface area contributed by atoms with Crippen molar-refractivity contribution >= 4 is 11.6 Å². The van der Waals surface area contributed by atoms with Gasteiger partial charge in [-0.15, -0.1) is 0 Å². The fraction of sp³-hybridized carbons (Fsp3) is 0.294. The third-order valence-corrected chi connectivity index (χ3v) is 3.84. The predicted octanol–water partition coefficient (Wildman–Crippen LogP) is 4.42. The molecule has 2 aromatic carbocycles. The summed E-state index contributed by atoms with van der Waals surface area (Å²) in [6.07, 6.45) is -0.113. The summed E-state index contributed by atoms with van der Waals surface area (Å²) in [6.45, 7) is 6.00. The van der Waals surface area contributed by atoms with Crippen LogP contribution in [0.3, 0.4) is 0 Å². The zero-order chi connectivity index (χ0) is 14.7. The van der Waals surface area contributed by atoms with Gasteiger partial charge in [0, 0.05) is 5.02 Å². The van der Waals surface area contributed by atoms with Crippen LogP contribution in [0.2, 0.25) is 5.02 Å². The molecule has 0 saturated carbocycles. The molecule has 0 radical (unpaired) electrons. The Bertz CT molecular complexity index is 580. The molecule has 3 heteroatoms. The maximum Gasteiger partial charge on any atom is 0.120 e. The van der Waals surface area contributed by atoms with Crippen molar-refractivity contribution in [3.8, 4) is 5.75 Å². The number of ether oxygens (including phenoxy) is 1. The molecule has 2 unspecified atom stereocenters. The monoisotopic (exact) mass is 289 g/mol. The quantitative estimate of drug-likeness (QED) is 0.904. The van der Waals surface area contributed by atoms with Gasteiger partial charge in [-0.25, -0.2) is 0 Å². The van der Waals surface area contributed by atoms with Crippen molar-refractivity contribution in [1.82, 2.24) is 0 Å². The number of nitrogens with two attached hydrogens (primary N) is 1. The topological polar surface area (TPSA) is 35.2 Å². The molecule has 0 spiro atoms. The van der Waals surface area contributed by atoms with E-state index in [9.17, 15) is 0 Å². The number of hydrogen-bond acceptors (Lipinski definition) is 2. The van der Waals surface area contributed by atoms with E-state index < -0.39 is 0 Å². The van der Waals surface area contributed by atoms with E-state index in [0.29, 0.717) is 0 Å².